The third-order valence-corrected chi connectivity index (χ3v) is 9.13. The van der Waals surface area contributed by atoms with Gasteiger partial charge in [-0.15, -0.1) is 0 Å². The minimum absolute atomic E-state index is 0.155. The van der Waals surface area contributed by atoms with Crippen molar-refractivity contribution in [2.24, 2.45) is 0 Å². The van der Waals surface area contributed by atoms with Crippen LogP contribution in [-0.4, -0.2) is 68.3 Å². The third-order valence-electron chi connectivity index (χ3n) is 7.68. The molecular formula is C38H48N2O7S. The lowest BCUT2D eigenvalue weighted by Gasteiger charge is -2.30. The van der Waals surface area contributed by atoms with E-state index in [9.17, 15) is 8.42 Å². The predicted octanol–water partition coefficient (Wildman–Crippen LogP) is 6.13. The Morgan fingerprint density at radius 2 is 1.17 bits per heavy atom. The molecule has 0 aliphatic rings. The van der Waals surface area contributed by atoms with E-state index in [2.05, 4.69) is 22.2 Å². The molecular weight excluding hydrogens is 628 g/mol. The second-order valence-electron chi connectivity index (χ2n) is 11.0. The van der Waals surface area contributed by atoms with Crippen LogP contribution >= 0.6 is 0 Å². The van der Waals surface area contributed by atoms with Gasteiger partial charge in [-0.25, -0.2) is 13.1 Å². The summed E-state index contributed by atoms with van der Waals surface area (Å²) in [6.07, 6.45) is 1.75. The molecule has 0 fully saturated rings. The Bertz CT molecular complexity index is 1540. The van der Waals surface area contributed by atoms with E-state index in [4.69, 9.17) is 23.7 Å². The third kappa shape index (κ3) is 12.4. The van der Waals surface area contributed by atoms with E-state index >= 15 is 0 Å². The Labute approximate surface area is 285 Å². The van der Waals surface area contributed by atoms with Crippen LogP contribution in [0.3, 0.4) is 0 Å². The molecule has 0 bridgehead atoms. The fourth-order valence-corrected chi connectivity index (χ4v) is 6.41. The van der Waals surface area contributed by atoms with E-state index in [0.717, 1.165) is 29.7 Å². The zero-order chi connectivity index (χ0) is 33.9. The number of rotatable bonds is 23. The zero-order valence-electron chi connectivity index (χ0n) is 27.9. The molecule has 0 radical (unpaired) electrons. The summed E-state index contributed by atoms with van der Waals surface area (Å²) in [5.41, 5.74) is 3.06. The number of methoxy groups -OCH3 is 1. The quantitative estimate of drug-likeness (QED) is 0.0906. The van der Waals surface area contributed by atoms with Crippen molar-refractivity contribution in [2.75, 3.05) is 59.9 Å². The van der Waals surface area contributed by atoms with Crippen LogP contribution in [0.4, 0.5) is 0 Å². The van der Waals surface area contributed by atoms with Crippen molar-refractivity contribution >= 4 is 10.0 Å². The summed E-state index contributed by atoms with van der Waals surface area (Å²) in [6.45, 7) is 6.10. The number of sulfonamides is 1. The lowest BCUT2D eigenvalue weighted by atomic mass is 9.94. The van der Waals surface area contributed by atoms with Gasteiger partial charge in [0.25, 0.3) is 0 Å². The molecule has 0 spiro atoms. The van der Waals surface area contributed by atoms with Crippen molar-refractivity contribution in [2.45, 2.75) is 36.7 Å². The maximum Gasteiger partial charge on any atom is 0.241 e. The van der Waals surface area contributed by atoms with Crippen LogP contribution in [0.5, 0.6) is 11.5 Å². The standard InChI is InChI=1S/C38H48N2O7S/c1-3-44-25-26-45-27-28-46-29-30-47-35-20-22-36(23-21-35)48(41,42)40-38(33-14-8-5-9-15-33)37(32-12-6-4-7-13-32)39-24-10-11-31-16-18-34(43-2)19-17-31/h4-9,12-23,37-40H,3,10-11,24-30H2,1-2H3/t37-,38?/m0/s1. The van der Waals surface area contributed by atoms with Gasteiger partial charge < -0.3 is 29.0 Å². The molecule has 0 heterocycles. The number of aryl methyl sites for hydroxylation is 1. The molecule has 2 atom stereocenters. The molecule has 48 heavy (non-hydrogen) atoms. The van der Waals surface area contributed by atoms with Crippen molar-refractivity contribution in [3.8, 4) is 11.5 Å². The van der Waals surface area contributed by atoms with Gasteiger partial charge in [-0.3, -0.25) is 0 Å². The van der Waals surface area contributed by atoms with E-state index < -0.39 is 16.1 Å². The van der Waals surface area contributed by atoms with Gasteiger partial charge in [0.15, 0.2) is 0 Å². The van der Waals surface area contributed by atoms with Crippen molar-refractivity contribution in [1.82, 2.24) is 10.0 Å². The summed E-state index contributed by atoms with van der Waals surface area (Å²) in [5, 5.41) is 3.67. The number of benzene rings is 4. The average molecular weight is 677 g/mol. The van der Waals surface area contributed by atoms with E-state index in [-0.39, 0.29) is 10.9 Å². The highest BCUT2D eigenvalue weighted by atomic mass is 32.2. The van der Waals surface area contributed by atoms with Crippen LogP contribution in [0.2, 0.25) is 0 Å². The highest BCUT2D eigenvalue weighted by Gasteiger charge is 2.29. The summed E-state index contributed by atoms with van der Waals surface area (Å²) < 4.78 is 57.9. The molecule has 0 saturated carbocycles. The zero-order valence-corrected chi connectivity index (χ0v) is 28.7. The smallest absolute Gasteiger partial charge is 0.241 e. The van der Waals surface area contributed by atoms with Crippen LogP contribution in [0.15, 0.2) is 114 Å². The Hall–Kier alpha value is -3.77. The maximum absolute atomic E-state index is 13.8. The maximum atomic E-state index is 13.8. The first-order valence-corrected chi connectivity index (χ1v) is 17.9. The van der Waals surface area contributed by atoms with Crippen molar-refractivity contribution in [3.63, 3.8) is 0 Å². The molecule has 2 N–H and O–H groups in total. The average Bonchev–Trinajstić information content (AvgIpc) is 3.13. The van der Waals surface area contributed by atoms with Gasteiger partial charge in [-0.05, 0) is 79.4 Å². The first kappa shape index (κ1) is 37.1. The van der Waals surface area contributed by atoms with Gasteiger partial charge in [-0.2, -0.15) is 0 Å². The number of hydrogen-bond acceptors (Lipinski definition) is 8. The fourth-order valence-electron chi connectivity index (χ4n) is 5.17. The van der Waals surface area contributed by atoms with E-state index in [0.29, 0.717) is 58.5 Å². The van der Waals surface area contributed by atoms with E-state index in [1.165, 1.54) is 5.56 Å². The van der Waals surface area contributed by atoms with Crippen LogP contribution in [0, 0.1) is 0 Å². The number of hydrogen-bond donors (Lipinski definition) is 2. The fraction of sp³-hybridized carbons (Fsp3) is 0.368. The summed E-state index contributed by atoms with van der Waals surface area (Å²) in [6, 6.07) is 33.3. The summed E-state index contributed by atoms with van der Waals surface area (Å²) in [5.74, 6) is 1.39. The first-order chi connectivity index (χ1) is 23.5. The second kappa shape index (κ2) is 20.6. The summed E-state index contributed by atoms with van der Waals surface area (Å²) in [7, 11) is -2.25. The summed E-state index contributed by atoms with van der Waals surface area (Å²) in [4.78, 5) is 0.155. The molecule has 0 aliphatic carbocycles. The lowest BCUT2D eigenvalue weighted by molar-refractivity contribution is 0.0114. The molecule has 0 aromatic heterocycles. The minimum atomic E-state index is -3.91. The summed E-state index contributed by atoms with van der Waals surface area (Å²) >= 11 is 0. The lowest BCUT2D eigenvalue weighted by Crippen LogP contribution is -2.39. The Morgan fingerprint density at radius 3 is 1.75 bits per heavy atom. The first-order valence-electron chi connectivity index (χ1n) is 16.4. The largest absolute Gasteiger partial charge is 0.497 e. The van der Waals surface area contributed by atoms with Crippen molar-refractivity contribution in [1.29, 1.82) is 0 Å². The monoisotopic (exact) mass is 676 g/mol. The van der Waals surface area contributed by atoms with Crippen LogP contribution in [-0.2, 0) is 30.7 Å². The van der Waals surface area contributed by atoms with Crippen LogP contribution < -0.4 is 19.5 Å². The van der Waals surface area contributed by atoms with Crippen LogP contribution in [0.1, 0.15) is 42.1 Å². The Morgan fingerprint density at radius 1 is 0.625 bits per heavy atom. The SMILES string of the molecule is CCOCCOCCOCCOc1ccc(S(=O)(=O)NC(c2ccccc2)[C@@H](NCCCc2ccc(OC)cc2)c2ccccc2)cc1. The van der Waals surface area contributed by atoms with Gasteiger partial charge >= 0.3 is 0 Å². The molecule has 0 saturated heterocycles. The number of nitrogens with one attached hydrogen (secondary N) is 2. The Balaban J connectivity index is 1.38. The minimum Gasteiger partial charge on any atom is -0.497 e. The van der Waals surface area contributed by atoms with Gasteiger partial charge in [0.05, 0.1) is 57.1 Å². The van der Waals surface area contributed by atoms with Gasteiger partial charge in [0, 0.05) is 6.61 Å². The van der Waals surface area contributed by atoms with Gasteiger partial charge in [0.1, 0.15) is 18.1 Å². The van der Waals surface area contributed by atoms with Gasteiger partial charge in [-0.1, -0.05) is 72.8 Å². The molecule has 4 aromatic rings. The Kier molecular flexibility index (Phi) is 15.9. The highest BCUT2D eigenvalue weighted by molar-refractivity contribution is 7.89. The van der Waals surface area contributed by atoms with Crippen LogP contribution in [0.25, 0.3) is 0 Å². The molecule has 4 aromatic carbocycles. The topological polar surface area (TPSA) is 104 Å². The van der Waals surface area contributed by atoms with Crippen molar-refractivity contribution in [3.05, 3.63) is 126 Å². The molecule has 0 amide bonds. The highest BCUT2D eigenvalue weighted by Crippen LogP contribution is 2.31. The number of ether oxygens (including phenoxy) is 5. The molecule has 1 unspecified atom stereocenters. The molecule has 0 aliphatic heterocycles. The van der Waals surface area contributed by atoms with E-state index in [1.54, 1.807) is 31.4 Å². The normalized spacial score (nSPS) is 12.8. The predicted molar refractivity (Wildman–Crippen MR) is 188 cm³/mol. The molecule has 9 nitrogen and oxygen atoms in total. The second-order valence-corrected chi connectivity index (χ2v) is 12.8. The molecule has 4 rings (SSSR count). The van der Waals surface area contributed by atoms with Crippen molar-refractivity contribution < 1.29 is 32.1 Å². The van der Waals surface area contributed by atoms with Gasteiger partial charge in [0.2, 0.25) is 10.0 Å². The van der Waals surface area contributed by atoms with E-state index in [1.807, 2.05) is 79.7 Å². The molecule has 10 heteroatoms. The molecule has 258 valence electrons.